The van der Waals surface area contributed by atoms with E-state index in [-0.39, 0.29) is 23.7 Å². The van der Waals surface area contributed by atoms with Crippen LogP contribution in [0.1, 0.15) is 6.92 Å². The highest BCUT2D eigenvalue weighted by molar-refractivity contribution is 7.89. The van der Waals surface area contributed by atoms with Crippen molar-refractivity contribution in [3.63, 3.8) is 0 Å². The summed E-state index contributed by atoms with van der Waals surface area (Å²) in [6.07, 6.45) is 0. The van der Waals surface area contributed by atoms with Crippen LogP contribution in [0.25, 0.3) is 10.2 Å². The number of anilines is 1. The van der Waals surface area contributed by atoms with Gasteiger partial charge in [0.15, 0.2) is 5.52 Å². The molecule has 2 aromatic rings. The van der Waals surface area contributed by atoms with E-state index in [0.29, 0.717) is 16.8 Å². The number of hydrogen-bond donors (Lipinski definition) is 2. The van der Waals surface area contributed by atoms with Crippen LogP contribution in [-0.2, 0) is 10.0 Å². The van der Waals surface area contributed by atoms with Crippen molar-refractivity contribution in [2.24, 2.45) is 0 Å². The summed E-state index contributed by atoms with van der Waals surface area (Å²) >= 11 is 1.31. The van der Waals surface area contributed by atoms with Crippen molar-refractivity contribution in [3.05, 3.63) is 27.8 Å². The number of fused-ring (bicyclic) bond motifs is 1. The van der Waals surface area contributed by atoms with E-state index in [2.05, 4.69) is 15.0 Å². The molecule has 0 spiro atoms. The minimum atomic E-state index is -3.36. The molecule has 0 bridgehead atoms. The predicted octanol–water partition coefficient (Wildman–Crippen LogP) is 1.56. The summed E-state index contributed by atoms with van der Waals surface area (Å²) in [6.45, 7) is 2.07. The number of nitro benzene ring substituents is 1. The maximum absolute atomic E-state index is 11.5. The molecule has 8 nitrogen and oxygen atoms in total. The minimum absolute atomic E-state index is 0.0752. The highest BCUT2D eigenvalue weighted by atomic mass is 32.2. The van der Waals surface area contributed by atoms with Crippen molar-refractivity contribution in [2.75, 3.05) is 24.2 Å². The molecule has 114 valence electrons. The van der Waals surface area contributed by atoms with E-state index in [9.17, 15) is 18.5 Å². The smallest absolute Gasteiger partial charge is 0.319 e. The number of nitro groups is 1. The van der Waals surface area contributed by atoms with Gasteiger partial charge in [-0.25, -0.2) is 18.1 Å². The van der Waals surface area contributed by atoms with E-state index in [4.69, 9.17) is 0 Å². The van der Waals surface area contributed by atoms with Gasteiger partial charge in [0.25, 0.3) is 0 Å². The molecule has 2 N–H and O–H groups in total. The monoisotopic (exact) mass is 330 g/mol. The van der Waals surface area contributed by atoms with Gasteiger partial charge < -0.3 is 5.32 Å². The van der Waals surface area contributed by atoms with Gasteiger partial charge in [-0.1, -0.05) is 6.92 Å². The molecule has 1 aromatic carbocycles. The summed E-state index contributed by atoms with van der Waals surface area (Å²) in [5.74, 6) is -0.160. The third-order valence-corrected chi connectivity index (χ3v) is 4.97. The van der Waals surface area contributed by atoms with Crippen LogP contribution in [0.2, 0.25) is 0 Å². The molecule has 0 amide bonds. The second-order valence-corrected chi connectivity index (χ2v) is 6.97. The average molecular weight is 330 g/mol. The highest BCUT2D eigenvalue weighted by Crippen LogP contribution is 2.34. The molecule has 0 unspecified atom stereocenters. The van der Waals surface area contributed by atoms with Crippen LogP contribution in [0, 0.1) is 10.1 Å². The normalized spacial score (nSPS) is 11.7. The zero-order valence-electron chi connectivity index (χ0n) is 11.2. The lowest BCUT2D eigenvalue weighted by Gasteiger charge is -2.08. The lowest BCUT2D eigenvalue weighted by molar-refractivity contribution is -0.382. The number of rotatable bonds is 7. The van der Waals surface area contributed by atoms with Crippen molar-refractivity contribution in [2.45, 2.75) is 6.92 Å². The number of hydrogen-bond acceptors (Lipinski definition) is 7. The molecule has 0 radical (unpaired) electrons. The fourth-order valence-corrected chi connectivity index (χ4v) is 3.49. The Hall–Kier alpha value is -1.78. The van der Waals surface area contributed by atoms with Gasteiger partial charge in [0.1, 0.15) is 5.69 Å². The van der Waals surface area contributed by atoms with Crippen LogP contribution >= 0.6 is 11.3 Å². The first-order chi connectivity index (χ1) is 9.94. The van der Waals surface area contributed by atoms with E-state index < -0.39 is 14.9 Å². The van der Waals surface area contributed by atoms with E-state index in [1.807, 2.05) is 0 Å². The van der Waals surface area contributed by atoms with Gasteiger partial charge in [-0.15, -0.1) is 11.3 Å². The topological polar surface area (TPSA) is 114 Å². The summed E-state index contributed by atoms with van der Waals surface area (Å²) in [5, 5.41) is 14.0. The van der Waals surface area contributed by atoms with E-state index in [1.165, 1.54) is 16.8 Å². The second kappa shape index (κ2) is 6.33. The SMILES string of the molecule is CCNS(=O)(=O)CCNc1ccc2scnc2c1[N+](=O)[O-]. The Morgan fingerprint density at radius 3 is 2.86 bits per heavy atom. The van der Waals surface area contributed by atoms with E-state index in [0.717, 1.165) is 0 Å². The van der Waals surface area contributed by atoms with Crippen molar-refractivity contribution >= 4 is 43.0 Å². The Morgan fingerprint density at radius 2 is 2.19 bits per heavy atom. The molecule has 1 aromatic heterocycles. The second-order valence-electron chi connectivity index (χ2n) is 4.16. The van der Waals surface area contributed by atoms with Crippen LogP contribution in [0.3, 0.4) is 0 Å². The van der Waals surface area contributed by atoms with Crippen LogP contribution in [0.4, 0.5) is 11.4 Å². The van der Waals surface area contributed by atoms with Crippen molar-refractivity contribution in [1.82, 2.24) is 9.71 Å². The third-order valence-electron chi connectivity index (χ3n) is 2.71. The average Bonchev–Trinajstić information content (AvgIpc) is 2.85. The molecule has 0 aliphatic carbocycles. The summed E-state index contributed by atoms with van der Waals surface area (Å²) in [5.41, 5.74) is 1.99. The lowest BCUT2D eigenvalue weighted by atomic mass is 10.2. The molecule has 0 saturated carbocycles. The Morgan fingerprint density at radius 1 is 1.43 bits per heavy atom. The summed E-state index contributed by atoms with van der Waals surface area (Å²) in [6, 6.07) is 3.29. The summed E-state index contributed by atoms with van der Waals surface area (Å²) in [4.78, 5) is 14.7. The molecular formula is C11H14N4O4S2. The third kappa shape index (κ3) is 3.65. The molecule has 2 rings (SSSR count). The van der Waals surface area contributed by atoms with Gasteiger partial charge in [-0.05, 0) is 12.1 Å². The summed E-state index contributed by atoms with van der Waals surface area (Å²) < 4.78 is 26.1. The molecule has 0 saturated heterocycles. The van der Waals surface area contributed by atoms with Gasteiger partial charge in [0, 0.05) is 13.1 Å². The molecule has 0 fully saturated rings. The van der Waals surface area contributed by atoms with Gasteiger partial charge >= 0.3 is 5.69 Å². The lowest BCUT2D eigenvalue weighted by Crippen LogP contribution is -2.29. The number of thiazole rings is 1. The molecule has 0 aliphatic rings. The Balaban J connectivity index is 2.19. The molecule has 0 atom stereocenters. The zero-order valence-corrected chi connectivity index (χ0v) is 12.8. The Bertz CT molecular complexity index is 757. The highest BCUT2D eigenvalue weighted by Gasteiger charge is 2.20. The minimum Gasteiger partial charge on any atom is -0.378 e. The molecule has 0 aliphatic heterocycles. The molecule has 1 heterocycles. The van der Waals surface area contributed by atoms with Crippen molar-refractivity contribution < 1.29 is 13.3 Å². The van der Waals surface area contributed by atoms with E-state index >= 15 is 0 Å². The summed E-state index contributed by atoms with van der Waals surface area (Å²) in [7, 11) is -3.36. The van der Waals surface area contributed by atoms with Crippen LogP contribution in [0.5, 0.6) is 0 Å². The number of benzene rings is 1. The first-order valence-corrected chi connectivity index (χ1v) is 8.69. The number of nitrogens with one attached hydrogen (secondary N) is 2. The van der Waals surface area contributed by atoms with Crippen molar-refractivity contribution in [1.29, 1.82) is 0 Å². The standard InChI is InChI=1S/C11H14N4O4S2/c1-2-14-21(18,19)6-5-12-8-3-4-9-10(13-7-20-9)11(8)15(16)17/h3-4,7,12,14H,2,5-6H2,1H3. The maximum atomic E-state index is 11.5. The number of aromatic nitrogens is 1. The molecule has 10 heteroatoms. The van der Waals surface area contributed by atoms with Crippen LogP contribution < -0.4 is 10.0 Å². The fraction of sp³-hybridized carbons (Fsp3) is 0.364. The first-order valence-electron chi connectivity index (χ1n) is 6.16. The first kappa shape index (κ1) is 15.6. The Kier molecular flexibility index (Phi) is 4.70. The van der Waals surface area contributed by atoms with Gasteiger partial charge in [-0.3, -0.25) is 10.1 Å². The van der Waals surface area contributed by atoms with Gasteiger partial charge in [0.2, 0.25) is 10.0 Å². The fourth-order valence-electron chi connectivity index (χ4n) is 1.86. The van der Waals surface area contributed by atoms with Gasteiger partial charge in [-0.2, -0.15) is 0 Å². The zero-order chi connectivity index (χ0) is 15.5. The van der Waals surface area contributed by atoms with E-state index in [1.54, 1.807) is 19.1 Å². The number of sulfonamides is 1. The Labute approximate surface area is 125 Å². The maximum Gasteiger partial charge on any atom is 0.319 e. The number of nitrogens with zero attached hydrogens (tertiary/aromatic N) is 2. The predicted molar refractivity (Wildman–Crippen MR) is 82.2 cm³/mol. The van der Waals surface area contributed by atoms with Gasteiger partial charge in [0.05, 0.1) is 20.9 Å². The van der Waals surface area contributed by atoms with Crippen molar-refractivity contribution in [3.8, 4) is 0 Å². The quantitative estimate of drug-likeness (QED) is 0.588. The van der Waals surface area contributed by atoms with Crippen LogP contribution in [0.15, 0.2) is 17.6 Å². The van der Waals surface area contributed by atoms with Crippen LogP contribution in [-0.4, -0.2) is 37.2 Å². The molecule has 21 heavy (non-hydrogen) atoms. The largest absolute Gasteiger partial charge is 0.378 e. The molecular weight excluding hydrogens is 316 g/mol.